The van der Waals surface area contributed by atoms with Crippen LogP contribution in [0.5, 0.6) is 23.0 Å². The maximum atomic E-state index is 13.7. The van der Waals surface area contributed by atoms with Gasteiger partial charge in [0, 0.05) is 38.2 Å². The third kappa shape index (κ3) is 5.46. The Hall–Kier alpha value is -2.64. The predicted octanol–water partition coefficient (Wildman–Crippen LogP) is 4.74. The van der Waals surface area contributed by atoms with Gasteiger partial charge in [-0.1, -0.05) is 37.6 Å². The van der Waals surface area contributed by atoms with Gasteiger partial charge in [-0.2, -0.15) is 0 Å². The number of hydrogen-bond donors (Lipinski definition) is 0. The Bertz CT molecular complexity index is 1080. The maximum Gasteiger partial charge on any atom is 0.231 e. The van der Waals surface area contributed by atoms with Gasteiger partial charge < -0.3 is 23.8 Å². The Balaban J connectivity index is 1.27. The number of hydrogen-bond acceptors (Lipinski definition) is 6. The SMILES string of the molecule is CC(C)CN(Cc1cc(Cl)c2c(c1)OCCCO2)C(=O)[C@@H]1CCN(Cc2cccc3c2OCO3)C1. The molecule has 1 atom stereocenters. The van der Waals surface area contributed by atoms with Crippen molar-refractivity contribution in [2.24, 2.45) is 11.8 Å². The predicted molar refractivity (Wildman–Crippen MR) is 133 cm³/mol. The average molecular weight is 501 g/mol. The highest BCUT2D eigenvalue weighted by molar-refractivity contribution is 6.32. The van der Waals surface area contributed by atoms with Gasteiger partial charge in [0.25, 0.3) is 0 Å². The van der Waals surface area contributed by atoms with Crippen molar-refractivity contribution in [1.29, 1.82) is 0 Å². The zero-order valence-corrected chi connectivity index (χ0v) is 21.2. The number of nitrogens with zero attached hydrogens (tertiary/aromatic N) is 2. The van der Waals surface area contributed by atoms with Gasteiger partial charge in [0.05, 0.1) is 24.2 Å². The molecular weight excluding hydrogens is 468 g/mol. The molecule has 0 N–H and O–H groups in total. The molecular formula is C27H33ClN2O5. The highest BCUT2D eigenvalue weighted by Crippen LogP contribution is 2.39. The quantitative estimate of drug-likeness (QED) is 0.547. The van der Waals surface area contributed by atoms with Crippen molar-refractivity contribution in [1.82, 2.24) is 9.80 Å². The van der Waals surface area contributed by atoms with Crippen LogP contribution in [0.25, 0.3) is 0 Å². The van der Waals surface area contributed by atoms with Crippen molar-refractivity contribution in [3.63, 3.8) is 0 Å². The number of rotatable bonds is 7. The van der Waals surface area contributed by atoms with Crippen LogP contribution >= 0.6 is 11.6 Å². The van der Waals surface area contributed by atoms with E-state index in [-0.39, 0.29) is 18.6 Å². The number of likely N-dealkylation sites (tertiary alicyclic amines) is 1. The number of para-hydroxylation sites is 1. The second-order valence-corrected chi connectivity index (χ2v) is 10.3. The van der Waals surface area contributed by atoms with Crippen LogP contribution in [0.15, 0.2) is 30.3 Å². The van der Waals surface area contributed by atoms with E-state index >= 15 is 0 Å². The van der Waals surface area contributed by atoms with E-state index in [1.807, 2.05) is 29.2 Å². The van der Waals surface area contributed by atoms with Crippen LogP contribution in [0.1, 0.15) is 37.8 Å². The summed E-state index contributed by atoms with van der Waals surface area (Å²) < 4.78 is 22.8. The number of ether oxygens (including phenoxy) is 4. The first-order chi connectivity index (χ1) is 17.0. The molecule has 0 aromatic heterocycles. The van der Waals surface area contributed by atoms with E-state index in [4.69, 9.17) is 30.5 Å². The lowest BCUT2D eigenvalue weighted by Gasteiger charge is -2.28. The molecule has 2 aromatic carbocycles. The van der Waals surface area contributed by atoms with Crippen LogP contribution in [0.2, 0.25) is 5.02 Å². The van der Waals surface area contributed by atoms with E-state index in [0.29, 0.717) is 48.7 Å². The summed E-state index contributed by atoms with van der Waals surface area (Å²) in [5.41, 5.74) is 2.06. The summed E-state index contributed by atoms with van der Waals surface area (Å²) in [4.78, 5) is 18.0. The normalized spacial score (nSPS) is 19.1. The molecule has 8 heteroatoms. The highest BCUT2D eigenvalue weighted by Gasteiger charge is 2.33. The van der Waals surface area contributed by atoms with Crippen LogP contribution in [-0.2, 0) is 17.9 Å². The molecule has 1 saturated heterocycles. The largest absolute Gasteiger partial charge is 0.489 e. The standard InChI is InChI=1S/C27H33ClN2O5/c1-18(2)13-30(14-19-11-22(28)26-24(12-19)32-9-4-10-33-26)27(31)21-7-8-29(16-21)15-20-5-3-6-23-25(20)35-17-34-23/h3,5-6,11-12,18,21H,4,7-10,13-17H2,1-2H3/t21-/m1/s1. The summed E-state index contributed by atoms with van der Waals surface area (Å²) >= 11 is 6.52. The lowest BCUT2D eigenvalue weighted by molar-refractivity contribution is -0.136. The Labute approximate surface area is 211 Å². The molecule has 5 rings (SSSR count). The van der Waals surface area contributed by atoms with Crippen LogP contribution < -0.4 is 18.9 Å². The summed E-state index contributed by atoms with van der Waals surface area (Å²) in [5, 5.41) is 0.532. The lowest BCUT2D eigenvalue weighted by Crippen LogP contribution is -2.39. The van der Waals surface area contributed by atoms with Crippen LogP contribution in [0.3, 0.4) is 0 Å². The first kappa shape index (κ1) is 24.1. The van der Waals surface area contributed by atoms with Crippen LogP contribution in [0, 0.1) is 11.8 Å². The summed E-state index contributed by atoms with van der Waals surface area (Å²) in [6, 6.07) is 9.85. The van der Waals surface area contributed by atoms with Gasteiger partial charge in [-0.05, 0) is 42.6 Å². The van der Waals surface area contributed by atoms with E-state index in [1.165, 1.54) is 0 Å². The van der Waals surface area contributed by atoms with E-state index < -0.39 is 0 Å². The Kier molecular flexibility index (Phi) is 7.25. The summed E-state index contributed by atoms with van der Waals surface area (Å²) in [6.07, 6.45) is 1.67. The van der Waals surface area contributed by atoms with E-state index in [9.17, 15) is 4.79 Å². The van der Waals surface area contributed by atoms with Gasteiger partial charge in [-0.25, -0.2) is 0 Å². The summed E-state index contributed by atoms with van der Waals surface area (Å²) in [7, 11) is 0. The molecule has 3 aliphatic heterocycles. The summed E-state index contributed by atoms with van der Waals surface area (Å²) in [5.74, 6) is 3.41. The Morgan fingerprint density at radius 2 is 1.97 bits per heavy atom. The first-order valence-electron chi connectivity index (χ1n) is 12.4. The molecule has 188 valence electrons. The molecule has 35 heavy (non-hydrogen) atoms. The number of halogens is 1. The minimum atomic E-state index is -0.0291. The third-order valence-corrected chi connectivity index (χ3v) is 6.91. The van der Waals surface area contributed by atoms with Gasteiger partial charge in [-0.15, -0.1) is 0 Å². The number of amides is 1. The number of carbonyl (C=O) groups excluding carboxylic acids is 1. The molecule has 0 radical (unpaired) electrons. The zero-order chi connectivity index (χ0) is 24.4. The second-order valence-electron chi connectivity index (χ2n) is 9.94. The van der Waals surface area contributed by atoms with Crippen molar-refractivity contribution in [2.75, 3.05) is 39.6 Å². The molecule has 7 nitrogen and oxygen atoms in total. The molecule has 1 amide bonds. The fourth-order valence-electron chi connectivity index (χ4n) is 5.06. The molecule has 0 spiro atoms. The second kappa shape index (κ2) is 10.5. The molecule has 0 bridgehead atoms. The molecule has 0 aliphatic carbocycles. The van der Waals surface area contributed by atoms with Gasteiger partial charge in [-0.3, -0.25) is 9.69 Å². The monoisotopic (exact) mass is 500 g/mol. The van der Waals surface area contributed by atoms with Crippen molar-refractivity contribution in [3.05, 3.63) is 46.5 Å². The molecule has 3 heterocycles. The molecule has 2 aromatic rings. The number of fused-ring (bicyclic) bond motifs is 2. The third-order valence-electron chi connectivity index (χ3n) is 6.63. The van der Waals surface area contributed by atoms with Crippen molar-refractivity contribution in [2.45, 2.75) is 39.8 Å². The molecule has 0 unspecified atom stereocenters. The number of benzene rings is 2. The fourth-order valence-corrected chi connectivity index (χ4v) is 5.35. The summed E-state index contributed by atoms with van der Waals surface area (Å²) in [6.45, 7) is 9.29. The van der Waals surface area contributed by atoms with Crippen molar-refractivity contribution in [3.8, 4) is 23.0 Å². The fraction of sp³-hybridized carbons (Fsp3) is 0.519. The minimum absolute atomic E-state index is 0.0291. The van der Waals surface area contributed by atoms with E-state index in [0.717, 1.165) is 55.1 Å². The Morgan fingerprint density at radius 1 is 1.11 bits per heavy atom. The van der Waals surface area contributed by atoms with Gasteiger partial charge in [0.1, 0.15) is 0 Å². The number of carbonyl (C=O) groups is 1. The van der Waals surface area contributed by atoms with Gasteiger partial charge >= 0.3 is 0 Å². The topological polar surface area (TPSA) is 60.5 Å². The van der Waals surface area contributed by atoms with E-state index in [2.05, 4.69) is 24.8 Å². The van der Waals surface area contributed by atoms with Crippen LogP contribution in [0.4, 0.5) is 0 Å². The van der Waals surface area contributed by atoms with Crippen molar-refractivity contribution < 1.29 is 23.7 Å². The Morgan fingerprint density at radius 3 is 2.83 bits per heavy atom. The van der Waals surface area contributed by atoms with E-state index in [1.54, 1.807) is 0 Å². The zero-order valence-electron chi connectivity index (χ0n) is 20.4. The van der Waals surface area contributed by atoms with Crippen molar-refractivity contribution >= 4 is 17.5 Å². The molecule has 0 saturated carbocycles. The maximum absolute atomic E-state index is 13.7. The minimum Gasteiger partial charge on any atom is -0.489 e. The van der Waals surface area contributed by atoms with Crippen LogP contribution in [-0.4, -0.2) is 55.3 Å². The van der Waals surface area contributed by atoms with Gasteiger partial charge in [0.2, 0.25) is 12.7 Å². The molecule has 1 fully saturated rings. The molecule has 3 aliphatic rings. The highest BCUT2D eigenvalue weighted by atomic mass is 35.5. The first-order valence-corrected chi connectivity index (χ1v) is 12.8. The lowest BCUT2D eigenvalue weighted by atomic mass is 10.0. The average Bonchev–Trinajstić information content (AvgIpc) is 3.43. The van der Waals surface area contributed by atoms with Gasteiger partial charge in [0.15, 0.2) is 23.0 Å². The smallest absolute Gasteiger partial charge is 0.231 e.